The first-order valence-electron chi connectivity index (χ1n) is 5.84. The fourth-order valence-electron chi connectivity index (χ4n) is 1.64. The predicted molar refractivity (Wildman–Crippen MR) is 68.1 cm³/mol. The van der Waals surface area contributed by atoms with Crippen molar-refractivity contribution in [3.05, 3.63) is 0 Å². The molecule has 2 N–H and O–H groups in total. The lowest BCUT2D eigenvalue weighted by Gasteiger charge is -2.32. The Balaban J connectivity index is 0.00000225. The van der Waals surface area contributed by atoms with Gasteiger partial charge in [-0.1, -0.05) is 13.8 Å². The second kappa shape index (κ2) is 9.19. The van der Waals surface area contributed by atoms with Crippen molar-refractivity contribution < 1.29 is 9.47 Å². The molecule has 1 atom stereocenters. The van der Waals surface area contributed by atoms with E-state index in [4.69, 9.17) is 15.2 Å². The van der Waals surface area contributed by atoms with Crippen molar-refractivity contribution in [2.75, 3.05) is 46.0 Å². The topological polar surface area (TPSA) is 47.7 Å². The third-order valence-electron chi connectivity index (χ3n) is 2.49. The van der Waals surface area contributed by atoms with Gasteiger partial charge in [0.2, 0.25) is 0 Å². The highest BCUT2D eigenvalue weighted by Gasteiger charge is 2.18. The average molecular weight is 253 g/mol. The van der Waals surface area contributed by atoms with Crippen LogP contribution in [-0.4, -0.2) is 57.0 Å². The van der Waals surface area contributed by atoms with Crippen molar-refractivity contribution in [3.63, 3.8) is 0 Å². The Bertz CT molecular complexity index is 170. The molecule has 98 valence electrons. The van der Waals surface area contributed by atoms with Crippen LogP contribution in [0.15, 0.2) is 0 Å². The number of rotatable bonds is 6. The number of hydrogen-bond donors (Lipinski definition) is 1. The number of hydrogen-bond acceptors (Lipinski definition) is 4. The van der Waals surface area contributed by atoms with Crippen molar-refractivity contribution in [2.45, 2.75) is 20.0 Å². The molecule has 4 nitrogen and oxygen atoms in total. The van der Waals surface area contributed by atoms with Gasteiger partial charge in [-0.3, -0.25) is 4.90 Å². The molecule has 0 amide bonds. The molecule has 0 spiro atoms. The average Bonchev–Trinajstić information content (AvgIpc) is 2.24. The van der Waals surface area contributed by atoms with Crippen molar-refractivity contribution in [1.82, 2.24) is 4.90 Å². The van der Waals surface area contributed by atoms with Crippen LogP contribution in [0.3, 0.4) is 0 Å². The van der Waals surface area contributed by atoms with E-state index >= 15 is 0 Å². The fourth-order valence-corrected chi connectivity index (χ4v) is 1.64. The number of morpholine rings is 1. The number of ether oxygens (including phenoxy) is 2. The molecule has 16 heavy (non-hydrogen) atoms. The number of nitrogens with two attached hydrogens (primary N) is 1. The zero-order valence-electron chi connectivity index (χ0n) is 10.4. The van der Waals surface area contributed by atoms with E-state index in [-0.39, 0.29) is 18.5 Å². The van der Waals surface area contributed by atoms with Gasteiger partial charge in [0, 0.05) is 32.8 Å². The second-order valence-corrected chi connectivity index (χ2v) is 4.50. The van der Waals surface area contributed by atoms with E-state index in [2.05, 4.69) is 18.7 Å². The van der Waals surface area contributed by atoms with E-state index in [9.17, 15) is 0 Å². The van der Waals surface area contributed by atoms with Gasteiger partial charge in [0.25, 0.3) is 0 Å². The minimum Gasteiger partial charge on any atom is -0.380 e. The lowest BCUT2D eigenvalue weighted by atomic mass is 10.2. The van der Waals surface area contributed by atoms with Gasteiger partial charge in [-0.2, -0.15) is 0 Å². The van der Waals surface area contributed by atoms with Crippen LogP contribution >= 0.6 is 12.4 Å². The summed E-state index contributed by atoms with van der Waals surface area (Å²) in [5, 5.41) is 0. The standard InChI is InChI=1S/C11H24N2O2.ClH/c1-10(2)9-14-5-3-13-4-6-15-11(7-12)8-13;/h10-11H,3-9,12H2,1-2H3;1H. The molecule has 5 heteroatoms. The summed E-state index contributed by atoms with van der Waals surface area (Å²) in [7, 11) is 0. The molecule has 1 unspecified atom stereocenters. The van der Waals surface area contributed by atoms with Gasteiger partial charge in [0.1, 0.15) is 0 Å². The first-order valence-corrected chi connectivity index (χ1v) is 5.84. The molecule has 0 radical (unpaired) electrons. The van der Waals surface area contributed by atoms with Gasteiger partial charge < -0.3 is 15.2 Å². The van der Waals surface area contributed by atoms with Crippen LogP contribution in [0.4, 0.5) is 0 Å². The quantitative estimate of drug-likeness (QED) is 0.709. The maximum absolute atomic E-state index is 5.58. The van der Waals surface area contributed by atoms with Gasteiger partial charge in [-0.05, 0) is 5.92 Å². The molecular weight excluding hydrogens is 228 g/mol. The molecule has 1 rings (SSSR count). The normalized spacial score (nSPS) is 22.1. The predicted octanol–water partition coefficient (Wildman–Crippen LogP) is 0.740. The molecule has 0 aromatic carbocycles. The van der Waals surface area contributed by atoms with Gasteiger partial charge in [0.05, 0.1) is 19.3 Å². The lowest BCUT2D eigenvalue weighted by molar-refractivity contribution is -0.0324. The highest BCUT2D eigenvalue weighted by atomic mass is 35.5. The SMILES string of the molecule is CC(C)COCCN1CCOC(CN)C1.Cl. The third kappa shape index (κ3) is 6.66. The maximum Gasteiger partial charge on any atom is 0.0824 e. The van der Waals surface area contributed by atoms with Crippen molar-refractivity contribution in [2.24, 2.45) is 11.7 Å². The van der Waals surface area contributed by atoms with Crippen LogP contribution in [0, 0.1) is 5.92 Å². The van der Waals surface area contributed by atoms with Crippen LogP contribution in [0.25, 0.3) is 0 Å². The molecule has 0 aromatic heterocycles. The molecule has 0 saturated carbocycles. The fraction of sp³-hybridized carbons (Fsp3) is 1.00. The molecule has 1 heterocycles. The van der Waals surface area contributed by atoms with Crippen molar-refractivity contribution >= 4 is 12.4 Å². The van der Waals surface area contributed by atoms with Crippen LogP contribution in [0.2, 0.25) is 0 Å². The summed E-state index contributed by atoms with van der Waals surface area (Å²) < 4.78 is 11.0. The maximum atomic E-state index is 5.58. The molecule has 0 aromatic rings. The number of nitrogens with zero attached hydrogens (tertiary/aromatic N) is 1. The molecule has 0 aliphatic carbocycles. The first kappa shape index (κ1) is 16.1. The molecular formula is C11H25ClN2O2. The van der Waals surface area contributed by atoms with E-state index in [0.717, 1.165) is 39.5 Å². The van der Waals surface area contributed by atoms with Gasteiger partial charge >= 0.3 is 0 Å². The molecule has 1 saturated heterocycles. The summed E-state index contributed by atoms with van der Waals surface area (Å²) in [5.41, 5.74) is 5.58. The summed E-state index contributed by atoms with van der Waals surface area (Å²) in [6.07, 6.45) is 0.212. The molecule has 1 aliphatic rings. The largest absolute Gasteiger partial charge is 0.380 e. The minimum atomic E-state index is 0. The Labute approximate surface area is 105 Å². The minimum absolute atomic E-state index is 0. The summed E-state index contributed by atoms with van der Waals surface area (Å²) in [6, 6.07) is 0. The van der Waals surface area contributed by atoms with E-state index in [1.54, 1.807) is 0 Å². The van der Waals surface area contributed by atoms with E-state index in [0.29, 0.717) is 12.5 Å². The zero-order valence-corrected chi connectivity index (χ0v) is 11.2. The Hall–Kier alpha value is 0.130. The molecule has 0 bridgehead atoms. The third-order valence-corrected chi connectivity index (χ3v) is 2.49. The smallest absolute Gasteiger partial charge is 0.0824 e. The Kier molecular flexibility index (Phi) is 9.26. The highest BCUT2D eigenvalue weighted by molar-refractivity contribution is 5.85. The monoisotopic (exact) mass is 252 g/mol. The van der Waals surface area contributed by atoms with E-state index < -0.39 is 0 Å². The van der Waals surface area contributed by atoms with Crippen LogP contribution in [0.1, 0.15) is 13.8 Å². The van der Waals surface area contributed by atoms with Gasteiger partial charge in [-0.15, -0.1) is 12.4 Å². The summed E-state index contributed by atoms with van der Waals surface area (Å²) in [4.78, 5) is 2.36. The molecule has 1 aliphatic heterocycles. The second-order valence-electron chi connectivity index (χ2n) is 4.50. The van der Waals surface area contributed by atoms with Crippen LogP contribution in [0.5, 0.6) is 0 Å². The summed E-state index contributed by atoms with van der Waals surface area (Å²) >= 11 is 0. The Morgan fingerprint density at radius 3 is 2.88 bits per heavy atom. The van der Waals surface area contributed by atoms with Crippen molar-refractivity contribution in [3.8, 4) is 0 Å². The van der Waals surface area contributed by atoms with Gasteiger partial charge in [-0.25, -0.2) is 0 Å². The molecule has 1 fully saturated rings. The first-order chi connectivity index (χ1) is 7.22. The van der Waals surface area contributed by atoms with E-state index in [1.165, 1.54) is 0 Å². The summed E-state index contributed by atoms with van der Waals surface area (Å²) in [6.45, 7) is 10.4. The summed E-state index contributed by atoms with van der Waals surface area (Å²) in [5.74, 6) is 0.617. The highest BCUT2D eigenvalue weighted by Crippen LogP contribution is 2.03. The Morgan fingerprint density at radius 2 is 2.25 bits per heavy atom. The van der Waals surface area contributed by atoms with Crippen molar-refractivity contribution in [1.29, 1.82) is 0 Å². The number of halogens is 1. The van der Waals surface area contributed by atoms with E-state index in [1.807, 2.05) is 0 Å². The lowest BCUT2D eigenvalue weighted by Crippen LogP contribution is -2.46. The Morgan fingerprint density at radius 1 is 1.50 bits per heavy atom. The van der Waals surface area contributed by atoms with Crippen LogP contribution in [-0.2, 0) is 9.47 Å². The zero-order chi connectivity index (χ0) is 11.1. The van der Waals surface area contributed by atoms with Crippen LogP contribution < -0.4 is 5.73 Å². The van der Waals surface area contributed by atoms with Gasteiger partial charge in [0.15, 0.2) is 0 Å².